The summed E-state index contributed by atoms with van der Waals surface area (Å²) in [5.41, 5.74) is 0.00521. The zero-order valence-electron chi connectivity index (χ0n) is 11.4. The molecule has 0 spiro atoms. The third-order valence-corrected chi connectivity index (χ3v) is 2.76. The fraction of sp³-hybridized carbons (Fsp3) is 0.357. The molecule has 0 aromatic heterocycles. The minimum absolute atomic E-state index is 0.00521. The smallest absolute Gasteiger partial charge is 0.253 e. The van der Waals surface area contributed by atoms with Gasteiger partial charge in [0.1, 0.15) is 5.82 Å². The Bertz CT molecular complexity index is 492. The van der Waals surface area contributed by atoms with Crippen molar-refractivity contribution in [1.29, 1.82) is 0 Å². The minimum atomic E-state index is -0.589. The van der Waals surface area contributed by atoms with Gasteiger partial charge in [0, 0.05) is 6.54 Å². The van der Waals surface area contributed by atoms with Crippen LogP contribution in [-0.2, 0) is 4.79 Å². The average molecular weight is 300 g/mol. The van der Waals surface area contributed by atoms with Crippen LogP contribution < -0.4 is 10.6 Å². The molecule has 2 N–H and O–H groups in total. The number of benzene rings is 1. The largest absolute Gasteiger partial charge is 0.350 e. The van der Waals surface area contributed by atoms with Crippen molar-refractivity contribution >= 4 is 23.4 Å². The third kappa shape index (κ3) is 5.57. The summed E-state index contributed by atoms with van der Waals surface area (Å²) in [5, 5.41) is 5.08. The van der Waals surface area contributed by atoms with E-state index in [1.54, 1.807) is 6.54 Å². The Labute approximate surface area is 122 Å². The predicted molar refractivity (Wildman–Crippen MR) is 75.6 cm³/mol. The van der Waals surface area contributed by atoms with E-state index in [4.69, 9.17) is 11.6 Å². The van der Waals surface area contributed by atoms with Crippen LogP contribution in [0.1, 0.15) is 30.6 Å². The Balaban J connectivity index is 2.43. The fourth-order valence-corrected chi connectivity index (χ4v) is 1.59. The molecular weight excluding hydrogens is 283 g/mol. The molecule has 0 bridgehead atoms. The van der Waals surface area contributed by atoms with Crippen molar-refractivity contribution in [2.75, 3.05) is 6.54 Å². The van der Waals surface area contributed by atoms with Crippen LogP contribution in [0.4, 0.5) is 4.39 Å². The van der Waals surface area contributed by atoms with E-state index in [1.165, 1.54) is 6.07 Å². The molecule has 0 aliphatic rings. The maximum atomic E-state index is 13.0. The molecule has 0 aliphatic heterocycles. The van der Waals surface area contributed by atoms with E-state index >= 15 is 0 Å². The van der Waals surface area contributed by atoms with E-state index in [1.807, 2.05) is 13.8 Å². The first-order chi connectivity index (χ1) is 9.40. The van der Waals surface area contributed by atoms with Crippen molar-refractivity contribution < 1.29 is 14.0 Å². The van der Waals surface area contributed by atoms with Crippen LogP contribution in [0.2, 0.25) is 5.02 Å². The average Bonchev–Trinajstić information content (AvgIpc) is 2.38. The third-order valence-electron chi connectivity index (χ3n) is 2.43. The number of nitrogens with one attached hydrogen (secondary N) is 2. The topological polar surface area (TPSA) is 58.2 Å². The molecule has 0 atom stereocenters. The first-order valence-corrected chi connectivity index (χ1v) is 6.62. The van der Waals surface area contributed by atoms with Gasteiger partial charge in [-0.2, -0.15) is 0 Å². The number of amides is 2. The Kier molecular flexibility index (Phi) is 6.45. The lowest BCUT2D eigenvalue weighted by Crippen LogP contribution is -2.36. The summed E-state index contributed by atoms with van der Waals surface area (Å²) in [5.74, 6) is -1.05. The maximum Gasteiger partial charge on any atom is 0.253 e. The van der Waals surface area contributed by atoms with E-state index in [0.29, 0.717) is 5.92 Å². The summed E-state index contributed by atoms with van der Waals surface area (Å²) in [4.78, 5) is 23.2. The quantitative estimate of drug-likeness (QED) is 0.848. The van der Waals surface area contributed by atoms with Gasteiger partial charge in [-0.05, 0) is 30.5 Å². The summed E-state index contributed by atoms with van der Waals surface area (Å²) in [7, 11) is 0. The van der Waals surface area contributed by atoms with Crippen LogP contribution in [0, 0.1) is 18.3 Å². The van der Waals surface area contributed by atoms with E-state index < -0.39 is 11.7 Å². The zero-order chi connectivity index (χ0) is 15.1. The van der Waals surface area contributed by atoms with Gasteiger partial charge in [-0.3, -0.25) is 9.59 Å². The predicted octanol–water partition coefficient (Wildman–Crippen LogP) is 2.53. The summed E-state index contributed by atoms with van der Waals surface area (Å²) in [6.07, 6.45) is 0.745. The molecular formula is C14H17ClFN2O2. The first-order valence-electron chi connectivity index (χ1n) is 6.24. The van der Waals surface area contributed by atoms with Crippen molar-refractivity contribution in [2.45, 2.75) is 20.3 Å². The normalized spacial score (nSPS) is 10.4. The Hall–Kier alpha value is -1.62. The van der Waals surface area contributed by atoms with Gasteiger partial charge in [0.25, 0.3) is 5.91 Å². The van der Waals surface area contributed by atoms with E-state index in [2.05, 4.69) is 10.6 Å². The first kappa shape index (κ1) is 16.4. The Morgan fingerprint density at radius 3 is 2.75 bits per heavy atom. The van der Waals surface area contributed by atoms with Crippen LogP contribution in [0.25, 0.3) is 0 Å². The number of carbonyl (C=O) groups is 2. The fourth-order valence-electron chi connectivity index (χ4n) is 1.39. The second-order valence-electron chi connectivity index (χ2n) is 4.71. The van der Waals surface area contributed by atoms with Crippen LogP contribution in [0.5, 0.6) is 0 Å². The molecule has 0 saturated carbocycles. The lowest BCUT2D eigenvalue weighted by Gasteiger charge is -2.08. The molecule has 2 amide bonds. The van der Waals surface area contributed by atoms with Gasteiger partial charge >= 0.3 is 0 Å². The van der Waals surface area contributed by atoms with Crippen LogP contribution in [-0.4, -0.2) is 18.4 Å². The highest BCUT2D eigenvalue weighted by molar-refractivity contribution is 6.33. The van der Waals surface area contributed by atoms with Gasteiger partial charge in [0.2, 0.25) is 5.91 Å². The van der Waals surface area contributed by atoms with Crippen LogP contribution in [0.3, 0.4) is 0 Å². The lowest BCUT2D eigenvalue weighted by atomic mass is 10.1. The molecule has 0 fully saturated rings. The highest BCUT2D eigenvalue weighted by Gasteiger charge is 2.12. The van der Waals surface area contributed by atoms with Gasteiger partial charge in [-0.15, -0.1) is 0 Å². The minimum Gasteiger partial charge on any atom is -0.350 e. The second-order valence-corrected chi connectivity index (χ2v) is 5.12. The molecule has 1 rings (SSSR count). The molecule has 0 heterocycles. The number of hydrogen-bond acceptors (Lipinski definition) is 2. The van der Waals surface area contributed by atoms with Crippen molar-refractivity contribution in [2.24, 2.45) is 5.92 Å². The molecule has 109 valence electrons. The van der Waals surface area contributed by atoms with Gasteiger partial charge < -0.3 is 10.6 Å². The standard InChI is InChI=1S/C14H17ClFN2O2/c1-9(2)5-6-17-13(19)8-18-14(20)11-7-10(16)3-4-12(11)15/h3-4,6-7,9H,5,8H2,1-2H3,(H,17,19)(H,18,20). The zero-order valence-corrected chi connectivity index (χ0v) is 12.1. The molecule has 20 heavy (non-hydrogen) atoms. The monoisotopic (exact) mass is 299 g/mol. The molecule has 0 aliphatic carbocycles. The van der Waals surface area contributed by atoms with E-state index in [0.717, 1.165) is 18.6 Å². The van der Waals surface area contributed by atoms with Crippen molar-refractivity contribution in [3.8, 4) is 0 Å². The maximum absolute atomic E-state index is 13.0. The molecule has 1 aromatic carbocycles. The summed E-state index contributed by atoms with van der Waals surface area (Å²) < 4.78 is 13.0. The summed E-state index contributed by atoms with van der Waals surface area (Å²) >= 11 is 5.79. The van der Waals surface area contributed by atoms with Gasteiger partial charge in [0.15, 0.2) is 0 Å². The number of halogens is 2. The highest BCUT2D eigenvalue weighted by Crippen LogP contribution is 2.16. The van der Waals surface area contributed by atoms with Crippen molar-refractivity contribution in [3.63, 3.8) is 0 Å². The number of rotatable bonds is 6. The van der Waals surface area contributed by atoms with Gasteiger partial charge in [-0.1, -0.05) is 25.4 Å². The van der Waals surface area contributed by atoms with Crippen molar-refractivity contribution in [3.05, 3.63) is 41.1 Å². The molecule has 4 nitrogen and oxygen atoms in total. The molecule has 1 aromatic rings. The molecule has 1 radical (unpaired) electrons. The summed E-state index contributed by atoms with van der Waals surface area (Å²) in [6, 6.07) is 3.48. The number of hydrogen-bond donors (Lipinski definition) is 2. The molecule has 0 unspecified atom stereocenters. The van der Waals surface area contributed by atoms with E-state index in [-0.39, 0.29) is 23.0 Å². The Morgan fingerprint density at radius 2 is 2.10 bits per heavy atom. The van der Waals surface area contributed by atoms with Gasteiger partial charge in [0.05, 0.1) is 17.1 Å². The number of carbonyl (C=O) groups excluding carboxylic acids is 2. The van der Waals surface area contributed by atoms with E-state index in [9.17, 15) is 14.0 Å². The molecule has 6 heteroatoms. The van der Waals surface area contributed by atoms with Crippen LogP contribution >= 0.6 is 11.6 Å². The SMILES string of the molecule is CC(C)C[CH]NC(=O)CNC(=O)c1cc(F)ccc1Cl. The second kappa shape index (κ2) is 7.85. The Morgan fingerprint density at radius 1 is 1.40 bits per heavy atom. The lowest BCUT2D eigenvalue weighted by molar-refractivity contribution is -0.119. The molecule has 0 saturated heterocycles. The highest BCUT2D eigenvalue weighted by atomic mass is 35.5. The summed E-state index contributed by atoms with van der Waals surface area (Å²) in [6.45, 7) is 5.50. The van der Waals surface area contributed by atoms with Crippen LogP contribution in [0.15, 0.2) is 18.2 Å². The van der Waals surface area contributed by atoms with Gasteiger partial charge in [-0.25, -0.2) is 4.39 Å². The van der Waals surface area contributed by atoms with Crippen molar-refractivity contribution in [1.82, 2.24) is 10.6 Å².